The molecule has 21 heavy (non-hydrogen) atoms. The van der Waals surface area contributed by atoms with E-state index in [4.69, 9.17) is 0 Å². The van der Waals surface area contributed by atoms with E-state index >= 15 is 0 Å². The predicted octanol–water partition coefficient (Wildman–Crippen LogP) is 0.981. The number of nitrogens with one attached hydrogen (secondary N) is 3. The van der Waals surface area contributed by atoms with Gasteiger partial charge in [-0.05, 0) is 62.7 Å². The van der Waals surface area contributed by atoms with Crippen molar-refractivity contribution in [3.63, 3.8) is 0 Å². The third-order valence-electron chi connectivity index (χ3n) is 4.68. The highest BCUT2D eigenvalue weighted by Crippen LogP contribution is 2.19. The van der Waals surface area contributed by atoms with Crippen molar-refractivity contribution in [2.45, 2.75) is 45.1 Å². The number of aromatic amines is 1. The van der Waals surface area contributed by atoms with Crippen LogP contribution in [0.3, 0.4) is 0 Å². The highest BCUT2D eigenvalue weighted by molar-refractivity contribution is 5.94. The zero-order chi connectivity index (χ0) is 14.8. The maximum atomic E-state index is 12.4. The minimum Gasteiger partial charge on any atom is -0.349 e. The summed E-state index contributed by atoms with van der Waals surface area (Å²) in [5.41, 5.74) is 2.15. The number of hydrogen-bond acceptors (Lipinski definition) is 3. The number of fused-ring (bicyclic) bond motifs is 1. The number of H-pyrrole nitrogens is 1. The molecule has 1 aliphatic heterocycles. The van der Waals surface area contributed by atoms with Gasteiger partial charge in [0.2, 0.25) is 0 Å². The maximum absolute atomic E-state index is 12.4. The zero-order valence-corrected chi connectivity index (χ0v) is 12.5. The third kappa shape index (κ3) is 3.02. The number of carbonyl (C=O) groups is 1. The molecule has 3 N–H and O–H groups in total. The highest BCUT2D eigenvalue weighted by Gasteiger charge is 2.24. The monoisotopic (exact) mass is 289 g/mol. The minimum atomic E-state index is -0.255. The van der Waals surface area contributed by atoms with Gasteiger partial charge in [0.1, 0.15) is 5.56 Å². The van der Waals surface area contributed by atoms with Gasteiger partial charge in [-0.15, -0.1) is 0 Å². The molecule has 1 fully saturated rings. The molecule has 1 aliphatic carbocycles. The van der Waals surface area contributed by atoms with Gasteiger partial charge >= 0.3 is 0 Å². The highest BCUT2D eigenvalue weighted by atomic mass is 16.2. The standard InChI is InChI=1S/C16H23N3O2/c1-10-9-17-7-6-13(10)18-15(20)12-8-11-4-2-3-5-14(11)19-16(12)21/h8,10,13,17H,2-7,9H2,1H3,(H,18,20)(H,19,21). The third-order valence-corrected chi connectivity index (χ3v) is 4.68. The quantitative estimate of drug-likeness (QED) is 0.760. The van der Waals surface area contributed by atoms with Crippen molar-refractivity contribution in [2.24, 2.45) is 5.92 Å². The molecule has 2 aliphatic rings. The maximum Gasteiger partial charge on any atom is 0.261 e. The summed E-state index contributed by atoms with van der Waals surface area (Å²) < 4.78 is 0. The predicted molar refractivity (Wildman–Crippen MR) is 81.6 cm³/mol. The van der Waals surface area contributed by atoms with E-state index in [1.165, 1.54) is 0 Å². The van der Waals surface area contributed by atoms with Crippen LogP contribution in [0.25, 0.3) is 0 Å². The Morgan fingerprint density at radius 2 is 2.14 bits per heavy atom. The molecule has 5 heteroatoms. The number of amides is 1. The van der Waals surface area contributed by atoms with Crippen LogP contribution in [0.1, 0.15) is 47.8 Å². The van der Waals surface area contributed by atoms with Gasteiger partial charge in [-0.1, -0.05) is 6.92 Å². The lowest BCUT2D eigenvalue weighted by Crippen LogP contribution is -2.49. The Morgan fingerprint density at radius 1 is 1.33 bits per heavy atom. The Labute approximate surface area is 124 Å². The lowest BCUT2D eigenvalue weighted by Gasteiger charge is -2.30. The molecule has 0 saturated carbocycles. The van der Waals surface area contributed by atoms with E-state index in [0.717, 1.165) is 56.5 Å². The van der Waals surface area contributed by atoms with E-state index in [1.807, 2.05) is 0 Å². The molecule has 0 aromatic carbocycles. The molecule has 2 unspecified atom stereocenters. The molecular weight excluding hydrogens is 266 g/mol. The van der Waals surface area contributed by atoms with Gasteiger partial charge in [0.15, 0.2) is 0 Å². The number of pyridine rings is 1. The lowest BCUT2D eigenvalue weighted by atomic mass is 9.93. The van der Waals surface area contributed by atoms with Gasteiger partial charge < -0.3 is 15.6 Å². The average Bonchev–Trinajstić information content (AvgIpc) is 2.49. The Morgan fingerprint density at radius 3 is 2.95 bits per heavy atom. The topological polar surface area (TPSA) is 74.0 Å². The molecule has 2 heterocycles. The molecule has 114 valence electrons. The summed E-state index contributed by atoms with van der Waals surface area (Å²) >= 11 is 0. The SMILES string of the molecule is CC1CNCCC1NC(=O)c1cc2c([nH]c1=O)CCCC2. The summed E-state index contributed by atoms with van der Waals surface area (Å²) in [6.07, 6.45) is 5.02. The number of piperidine rings is 1. The van der Waals surface area contributed by atoms with Crippen LogP contribution in [0.2, 0.25) is 0 Å². The average molecular weight is 289 g/mol. The van der Waals surface area contributed by atoms with Gasteiger partial charge in [0.05, 0.1) is 0 Å². The summed E-state index contributed by atoms with van der Waals surface area (Å²) in [4.78, 5) is 27.4. The van der Waals surface area contributed by atoms with Crippen molar-refractivity contribution < 1.29 is 4.79 Å². The largest absolute Gasteiger partial charge is 0.349 e. The molecule has 0 spiro atoms. The second kappa shape index (κ2) is 6.02. The first-order chi connectivity index (χ1) is 10.1. The van der Waals surface area contributed by atoms with Crippen molar-refractivity contribution in [3.8, 4) is 0 Å². The fourth-order valence-electron chi connectivity index (χ4n) is 3.32. The van der Waals surface area contributed by atoms with Crippen molar-refractivity contribution in [1.29, 1.82) is 0 Å². The Balaban J connectivity index is 1.79. The number of rotatable bonds is 2. The van der Waals surface area contributed by atoms with Gasteiger partial charge in [-0.25, -0.2) is 0 Å². The molecular formula is C16H23N3O2. The van der Waals surface area contributed by atoms with E-state index in [-0.39, 0.29) is 23.1 Å². The minimum absolute atomic E-state index is 0.147. The fraction of sp³-hybridized carbons (Fsp3) is 0.625. The van der Waals surface area contributed by atoms with Gasteiger partial charge in [0, 0.05) is 11.7 Å². The number of carbonyl (C=O) groups excluding carboxylic acids is 1. The van der Waals surface area contributed by atoms with Crippen LogP contribution in [0.5, 0.6) is 0 Å². The molecule has 0 radical (unpaired) electrons. The van der Waals surface area contributed by atoms with Gasteiger partial charge in [0.25, 0.3) is 11.5 Å². The second-order valence-electron chi connectivity index (χ2n) is 6.27. The summed E-state index contributed by atoms with van der Waals surface area (Å²) in [5, 5.41) is 6.34. The van der Waals surface area contributed by atoms with Crippen molar-refractivity contribution in [1.82, 2.24) is 15.6 Å². The van der Waals surface area contributed by atoms with Crippen LogP contribution >= 0.6 is 0 Å². The van der Waals surface area contributed by atoms with E-state index in [1.54, 1.807) is 6.07 Å². The first kappa shape index (κ1) is 14.3. The summed E-state index contributed by atoms with van der Waals surface area (Å²) in [6.45, 7) is 3.94. The van der Waals surface area contributed by atoms with Crippen molar-refractivity contribution in [3.05, 3.63) is 33.2 Å². The molecule has 1 aromatic heterocycles. The molecule has 5 nitrogen and oxygen atoms in total. The van der Waals surface area contributed by atoms with E-state index < -0.39 is 0 Å². The van der Waals surface area contributed by atoms with E-state index in [0.29, 0.717) is 5.92 Å². The molecule has 1 amide bonds. The van der Waals surface area contributed by atoms with Crippen LogP contribution in [0.15, 0.2) is 10.9 Å². The normalized spacial score (nSPS) is 25.2. The fourth-order valence-corrected chi connectivity index (χ4v) is 3.32. The molecule has 2 atom stereocenters. The number of aromatic nitrogens is 1. The number of hydrogen-bond donors (Lipinski definition) is 3. The van der Waals surface area contributed by atoms with Crippen LogP contribution in [-0.4, -0.2) is 30.0 Å². The molecule has 0 bridgehead atoms. The Hall–Kier alpha value is -1.62. The first-order valence-electron chi connectivity index (χ1n) is 7.92. The Kier molecular flexibility index (Phi) is 4.10. The van der Waals surface area contributed by atoms with Gasteiger partial charge in [-0.2, -0.15) is 0 Å². The molecule has 3 rings (SSSR count). The van der Waals surface area contributed by atoms with E-state index in [2.05, 4.69) is 22.5 Å². The van der Waals surface area contributed by atoms with Crippen molar-refractivity contribution >= 4 is 5.91 Å². The second-order valence-corrected chi connectivity index (χ2v) is 6.27. The first-order valence-corrected chi connectivity index (χ1v) is 7.92. The molecule has 1 saturated heterocycles. The Bertz CT molecular complexity index is 594. The molecule has 1 aromatic rings. The number of aryl methyl sites for hydroxylation is 2. The summed E-state index contributed by atoms with van der Waals surface area (Å²) in [6, 6.07) is 1.95. The van der Waals surface area contributed by atoms with Crippen LogP contribution in [-0.2, 0) is 12.8 Å². The van der Waals surface area contributed by atoms with Gasteiger partial charge in [-0.3, -0.25) is 9.59 Å². The van der Waals surface area contributed by atoms with Crippen LogP contribution < -0.4 is 16.2 Å². The summed E-state index contributed by atoms with van der Waals surface area (Å²) in [5.74, 6) is 0.155. The summed E-state index contributed by atoms with van der Waals surface area (Å²) in [7, 11) is 0. The lowest BCUT2D eigenvalue weighted by molar-refractivity contribution is 0.0912. The van der Waals surface area contributed by atoms with E-state index in [9.17, 15) is 9.59 Å². The zero-order valence-electron chi connectivity index (χ0n) is 12.5. The van der Waals surface area contributed by atoms with Crippen LogP contribution in [0, 0.1) is 5.92 Å². The smallest absolute Gasteiger partial charge is 0.261 e. The van der Waals surface area contributed by atoms with Crippen LogP contribution in [0.4, 0.5) is 0 Å². The van der Waals surface area contributed by atoms with Crippen molar-refractivity contribution in [2.75, 3.05) is 13.1 Å².